The van der Waals surface area contributed by atoms with Crippen LogP contribution in [0.5, 0.6) is 0 Å². The van der Waals surface area contributed by atoms with Gasteiger partial charge in [-0.05, 0) is 28.9 Å². The van der Waals surface area contributed by atoms with E-state index in [-0.39, 0.29) is 15.9 Å². The van der Waals surface area contributed by atoms with Gasteiger partial charge in [-0.1, -0.05) is 0 Å². The molecule has 0 aromatic heterocycles. The van der Waals surface area contributed by atoms with Crippen molar-refractivity contribution in [3.63, 3.8) is 0 Å². The summed E-state index contributed by atoms with van der Waals surface area (Å²) >= 11 is 2.87. The second-order valence-electron chi connectivity index (χ2n) is 2.75. The van der Waals surface area contributed by atoms with Gasteiger partial charge in [-0.15, -0.1) is 0 Å². The average Bonchev–Trinajstić information content (AvgIpc) is 2.11. The molecular formula is C8H8BrF2NO2S. The van der Waals surface area contributed by atoms with Crippen LogP contribution < -0.4 is 4.72 Å². The first-order valence-corrected chi connectivity index (χ1v) is 6.45. The molecule has 0 amide bonds. The molecule has 0 heterocycles. The van der Waals surface area contributed by atoms with Gasteiger partial charge in [0.15, 0.2) is 5.82 Å². The van der Waals surface area contributed by atoms with Crippen molar-refractivity contribution >= 4 is 31.6 Å². The van der Waals surface area contributed by atoms with Crippen molar-refractivity contribution in [3.05, 3.63) is 28.2 Å². The molecule has 3 nitrogen and oxygen atoms in total. The van der Waals surface area contributed by atoms with Crippen molar-refractivity contribution in [2.24, 2.45) is 0 Å². The Hall–Kier alpha value is -0.690. The lowest BCUT2D eigenvalue weighted by molar-refractivity contribution is 0.581. The van der Waals surface area contributed by atoms with Crippen molar-refractivity contribution in [1.29, 1.82) is 0 Å². The van der Waals surface area contributed by atoms with Gasteiger partial charge in [0.2, 0.25) is 10.0 Å². The normalized spacial score (nSPS) is 11.5. The van der Waals surface area contributed by atoms with Gasteiger partial charge in [-0.2, -0.15) is 0 Å². The number of rotatable bonds is 3. The first-order valence-electron chi connectivity index (χ1n) is 4.00. The summed E-state index contributed by atoms with van der Waals surface area (Å²) in [6.45, 7) is 1.41. The summed E-state index contributed by atoms with van der Waals surface area (Å²) in [5.74, 6) is -1.92. The summed E-state index contributed by atoms with van der Waals surface area (Å²) < 4.78 is 50.2. The van der Waals surface area contributed by atoms with Gasteiger partial charge in [-0.3, -0.25) is 4.72 Å². The molecule has 1 N–H and O–H groups in total. The zero-order chi connectivity index (χ0) is 11.6. The predicted octanol–water partition coefficient (Wildman–Crippen LogP) is 2.49. The van der Waals surface area contributed by atoms with Gasteiger partial charge in [0.1, 0.15) is 5.82 Å². The van der Waals surface area contributed by atoms with Crippen LogP contribution in [0.1, 0.15) is 6.92 Å². The molecule has 0 unspecified atom stereocenters. The summed E-state index contributed by atoms with van der Waals surface area (Å²) in [6.07, 6.45) is 0. The highest BCUT2D eigenvalue weighted by Gasteiger charge is 2.15. The number of hydrogen-bond acceptors (Lipinski definition) is 2. The molecule has 0 aliphatic rings. The highest BCUT2D eigenvalue weighted by molar-refractivity contribution is 9.10. The Morgan fingerprint density at radius 2 is 2.00 bits per heavy atom. The third-order valence-corrected chi connectivity index (χ3v) is 3.55. The molecule has 0 saturated heterocycles. The number of nitrogens with one attached hydrogen (secondary N) is 1. The van der Waals surface area contributed by atoms with Crippen molar-refractivity contribution in [2.75, 3.05) is 10.5 Å². The van der Waals surface area contributed by atoms with E-state index in [1.807, 2.05) is 4.72 Å². The van der Waals surface area contributed by atoms with Crippen LogP contribution in [0.15, 0.2) is 16.6 Å². The maximum Gasteiger partial charge on any atom is 0.232 e. The molecule has 1 rings (SSSR count). The Kier molecular flexibility index (Phi) is 3.67. The van der Waals surface area contributed by atoms with Crippen LogP contribution in [0.4, 0.5) is 14.5 Å². The van der Waals surface area contributed by atoms with Crippen LogP contribution in [0, 0.1) is 11.6 Å². The zero-order valence-corrected chi connectivity index (χ0v) is 10.1. The third kappa shape index (κ3) is 3.13. The zero-order valence-electron chi connectivity index (χ0n) is 7.72. The summed E-state index contributed by atoms with van der Waals surface area (Å²) in [7, 11) is -3.57. The number of anilines is 1. The highest BCUT2D eigenvalue weighted by atomic mass is 79.9. The summed E-state index contributed by atoms with van der Waals surface area (Å²) in [4.78, 5) is 0. The lowest BCUT2D eigenvalue weighted by Gasteiger charge is -2.09. The highest BCUT2D eigenvalue weighted by Crippen LogP contribution is 2.27. The fourth-order valence-electron chi connectivity index (χ4n) is 0.867. The van der Waals surface area contributed by atoms with Gasteiger partial charge in [-0.25, -0.2) is 17.2 Å². The number of hydrogen-bond donors (Lipinski definition) is 1. The summed E-state index contributed by atoms with van der Waals surface area (Å²) in [5, 5.41) is 0. The fourth-order valence-corrected chi connectivity index (χ4v) is 2.17. The van der Waals surface area contributed by atoms with Crippen LogP contribution in [-0.4, -0.2) is 14.2 Å². The van der Waals surface area contributed by atoms with E-state index in [4.69, 9.17) is 0 Å². The van der Waals surface area contributed by atoms with Crippen molar-refractivity contribution in [3.8, 4) is 0 Å². The molecule has 0 bridgehead atoms. The van der Waals surface area contributed by atoms with Gasteiger partial charge in [0.25, 0.3) is 0 Å². The Bertz CT molecular complexity index is 453. The molecule has 0 radical (unpaired) electrons. The van der Waals surface area contributed by atoms with Crippen LogP contribution in [0.3, 0.4) is 0 Å². The first-order chi connectivity index (χ1) is 6.85. The van der Waals surface area contributed by atoms with Gasteiger partial charge in [0.05, 0.1) is 11.4 Å². The van der Waals surface area contributed by atoms with Crippen LogP contribution in [0.25, 0.3) is 0 Å². The fraction of sp³-hybridized carbons (Fsp3) is 0.250. The Morgan fingerprint density at radius 3 is 2.47 bits per heavy atom. The lowest BCUT2D eigenvalue weighted by atomic mass is 10.3. The van der Waals surface area contributed by atoms with Crippen molar-refractivity contribution in [1.82, 2.24) is 0 Å². The molecule has 15 heavy (non-hydrogen) atoms. The molecule has 1 aromatic carbocycles. The Morgan fingerprint density at radius 1 is 1.40 bits per heavy atom. The van der Waals surface area contributed by atoms with E-state index in [1.165, 1.54) is 6.92 Å². The third-order valence-electron chi connectivity index (χ3n) is 1.64. The molecule has 0 aliphatic heterocycles. The minimum Gasteiger partial charge on any atom is -0.279 e. The minimum atomic E-state index is -3.57. The van der Waals surface area contributed by atoms with Crippen LogP contribution >= 0.6 is 15.9 Å². The SMILES string of the molecule is CCS(=O)(=O)Nc1c(F)cc(F)cc1Br. The Balaban J connectivity index is 3.17. The maximum atomic E-state index is 13.2. The standard InChI is InChI=1S/C8H8BrF2NO2S/c1-2-15(13,14)12-8-6(9)3-5(10)4-7(8)11/h3-4,12H,2H2,1H3. The van der Waals surface area contributed by atoms with Crippen LogP contribution in [0.2, 0.25) is 0 Å². The van der Waals surface area contributed by atoms with E-state index in [0.717, 1.165) is 6.07 Å². The molecule has 0 atom stereocenters. The molecular weight excluding hydrogens is 292 g/mol. The summed E-state index contributed by atoms with van der Waals surface area (Å²) in [5.41, 5.74) is -0.279. The predicted molar refractivity (Wildman–Crippen MR) is 57.1 cm³/mol. The quantitative estimate of drug-likeness (QED) is 0.932. The first kappa shape index (κ1) is 12.4. The molecule has 0 saturated carbocycles. The maximum absolute atomic E-state index is 13.2. The molecule has 0 spiro atoms. The van der Waals surface area contributed by atoms with Gasteiger partial charge in [0, 0.05) is 10.5 Å². The van der Waals surface area contributed by atoms with Crippen LogP contribution in [-0.2, 0) is 10.0 Å². The lowest BCUT2D eigenvalue weighted by Crippen LogP contribution is -2.16. The Labute approximate surface area is 94.7 Å². The molecule has 0 fully saturated rings. The van der Waals surface area contributed by atoms with E-state index in [9.17, 15) is 17.2 Å². The second-order valence-corrected chi connectivity index (χ2v) is 5.62. The van der Waals surface area contributed by atoms with E-state index >= 15 is 0 Å². The van der Waals surface area contributed by atoms with Crippen molar-refractivity contribution in [2.45, 2.75) is 6.92 Å². The van der Waals surface area contributed by atoms with E-state index < -0.39 is 21.7 Å². The number of sulfonamides is 1. The average molecular weight is 300 g/mol. The number of halogens is 3. The van der Waals surface area contributed by atoms with Crippen molar-refractivity contribution < 1.29 is 17.2 Å². The van der Waals surface area contributed by atoms with Gasteiger partial charge >= 0.3 is 0 Å². The second kappa shape index (κ2) is 4.44. The largest absolute Gasteiger partial charge is 0.279 e. The van der Waals surface area contributed by atoms with Gasteiger partial charge < -0.3 is 0 Å². The smallest absolute Gasteiger partial charge is 0.232 e. The molecule has 84 valence electrons. The number of benzene rings is 1. The molecule has 7 heteroatoms. The van der Waals surface area contributed by atoms with E-state index in [0.29, 0.717) is 6.07 Å². The summed E-state index contributed by atoms with van der Waals surface area (Å²) in [6, 6.07) is 1.59. The van der Waals surface area contributed by atoms with E-state index in [1.54, 1.807) is 0 Å². The molecule has 0 aliphatic carbocycles. The monoisotopic (exact) mass is 299 g/mol. The minimum absolute atomic E-state index is 0.0250. The topological polar surface area (TPSA) is 46.2 Å². The van der Waals surface area contributed by atoms with E-state index in [2.05, 4.69) is 15.9 Å². The molecule has 1 aromatic rings.